The van der Waals surface area contributed by atoms with Crippen molar-refractivity contribution in [3.8, 4) is 11.5 Å². The van der Waals surface area contributed by atoms with Crippen molar-refractivity contribution in [3.05, 3.63) is 33.3 Å². The number of ether oxygens (including phenoxy) is 2. The lowest BCUT2D eigenvalue weighted by atomic mass is 10.0. The molecule has 0 bridgehead atoms. The highest BCUT2D eigenvalue weighted by molar-refractivity contribution is 7.13. The lowest BCUT2D eigenvalue weighted by Gasteiger charge is -2.33. The zero-order valence-electron chi connectivity index (χ0n) is 15.0. The van der Waals surface area contributed by atoms with Gasteiger partial charge in [0.05, 0.1) is 30.9 Å². The van der Waals surface area contributed by atoms with Crippen LogP contribution in [-0.4, -0.2) is 43.3 Å². The van der Waals surface area contributed by atoms with Gasteiger partial charge in [-0.15, -0.1) is 11.3 Å². The van der Waals surface area contributed by atoms with E-state index in [4.69, 9.17) is 9.47 Å². The fourth-order valence-electron chi connectivity index (χ4n) is 3.12. The summed E-state index contributed by atoms with van der Waals surface area (Å²) < 4.78 is 10.5. The van der Waals surface area contributed by atoms with Crippen LogP contribution in [0.3, 0.4) is 0 Å². The second kappa shape index (κ2) is 7.77. The number of hydrogen-bond donors (Lipinski definition) is 1. The lowest BCUT2D eigenvalue weighted by molar-refractivity contribution is -0.384. The van der Waals surface area contributed by atoms with E-state index in [1.165, 1.54) is 20.3 Å². The quantitative estimate of drug-likeness (QED) is 0.608. The van der Waals surface area contributed by atoms with E-state index < -0.39 is 0 Å². The third-order valence-electron chi connectivity index (χ3n) is 4.46. The number of nitro benzene ring substituents is 1. The molecule has 140 valence electrons. The second-order valence-corrected chi connectivity index (χ2v) is 7.01. The molecule has 1 aliphatic heterocycles. The monoisotopic (exact) mass is 378 g/mol. The van der Waals surface area contributed by atoms with E-state index in [2.05, 4.69) is 10.3 Å². The van der Waals surface area contributed by atoms with Crippen LogP contribution < -0.4 is 19.7 Å². The lowest BCUT2D eigenvalue weighted by Crippen LogP contribution is -2.39. The van der Waals surface area contributed by atoms with E-state index >= 15 is 0 Å². The zero-order valence-corrected chi connectivity index (χ0v) is 15.8. The van der Waals surface area contributed by atoms with Gasteiger partial charge in [0.1, 0.15) is 5.69 Å². The summed E-state index contributed by atoms with van der Waals surface area (Å²) in [5, 5.41) is 17.9. The Balaban J connectivity index is 1.74. The van der Waals surface area contributed by atoms with Crippen LogP contribution in [0.1, 0.15) is 18.5 Å². The van der Waals surface area contributed by atoms with E-state index in [1.54, 1.807) is 17.4 Å². The topological polar surface area (TPSA) is 89.8 Å². The van der Waals surface area contributed by atoms with Crippen molar-refractivity contribution in [3.63, 3.8) is 0 Å². The molecule has 0 aliphatic carbocycles. The molecule has 1 saturated heterocycles. The number of thiazole rings is 1. The van der Waals surface area contributed by atoms with Gasteiger partial charge < -0.3 is 19.7 Å². The van der Waals surface area contributed by atoms with Crippen molar-refractivity contribution in [1.82, 2.24) is 4.98 Å². The summed E-state index contributed by atoms with van der Waals surface area (Å²) in [5.74, 6) is 0.852. The Kier molecular flexibility index (Phi) is 5.46. The van der Waals surface area contributed by atoms with Crippen molar-refractivity contribution in [2.45, 2.75) is 25.8 Å². The summed E-state index contributed by atoms with van der Waals surface area (Å²) in [6.45, 7) is 3.41. The molecule has 0 unspecified atom stereocenters. The highest BCUT2D eigenvalue weighted by Gasteiger charge is 2.27. The van der Waals surface area contributed by atoms with Gasteiger partial charge in [-0.25, -0.2) is 4.98 Å². The molecule has 1 fully saturated rings. The summed E-state index contributed by atoms with van der Waals surface area (Å²) in [7, 11) is 3.00. The molecule has 0 spiro atoms. The number of piperidine rings is 1. The molecule has 0 saturated carbocycles. The molecule has 0 atom stereocenters. The standard InChI is InChI=1S/C17H22N4O4S/c1-11-10-26-17(18-11)19-12-4-6-20(7-5-12)13-8-15(24-2)16(25-3)9-14(13)21(22)23/h8-10,12H,4-7H2,1-3H3,(H,18,19). The smallest absolute Gasteiger partial charge is 0.296 e. The van der Waals surface area contributed by atoms with Gasteiger partial charge in [-0.2, -0.15) is 0 Å². The number of rotatable bonds is 6. The Morgan fingerprint density at radius 1 is 1.27 bits per heavy atom. The van der Waals surface area contributed by atoms with Crippen LogP contribution >= 0.6 is 11.3 Å². The van der Waals surface area contributed by atoms with E-state index in [-0.39, 0.29) is 10.6 Å². The minimum absolute atomic E-state index is 0.0320. The first-order valence-corrected chi connectivity index (χ1v) is 9.23. The molecule has 1 aliphatic rings. The number of nitro groups is 1. The van der Waals surface area contributed by atoms with Crippen molar-refractivity contribution in [1.29, 1.82) is 0 Å². The van der Waals surface area contributed by atoms with Gasteiger partial charge in [0.2, 0.25) is 0 Å². The van der Waals surface area contributed by atoms with Gasteiger partial charge in [-0.05, 0) is 19.8 Å². The third-order valence-corrected chi connectivity index (χ3v) is 5.35. The summed E-state index contributed by atoms with van der Waals surface area (Å²) in [6, 6.07) is 3.43. The number of aromatic nitrogens is 1. The number of methoxy groups -OCH3 is 2. The minimum Gasteiger partial charge on any atom is -0.493 e. The molecule has 2 aromatic rings. The van der Waals surface area contributed by atoms with E-state index in [9.17, 15) is 10.1 Å². The first kappa shape index (κ1) is 18.2. The maximum atomic E-state index is 11.5. The van der Waals surface area contributed by atoms with Crippen LogP contribution in [0.15, 0.2) is 17.5 Å². The van der Waals surface area contributed by atoms with Crippen LogP contribution in [0.2, 0.25) is 0 Å². The molecular weight excluding hydrogens is 356 g/mol. The first-order chi connectivity index (χ1) is 12.5. The molecule has 8 nitrogen and oxygen atoms in total. The van der Waals surface area contributed by atoms with Crippen LogP contribution in [0.25, 0.3) is 0 Å². The Morgan fingerprint density at radius 3 is 2.46 bits per heavy atom. The second-order valence-electron chi connectivity index (χ2n) is 6.15. The Morgan fingerprint density at radius 2 is 1.92 bits per heavy atom. The number of nitrogens with zero attached hydrogens (tertiary/aromatic N) is 3. The van der Waals surface area contributed by atoms with Gasteiger partial charge in [-0.1, -0.05) is 0 Å². The third kappa shape index (κ3) is 3.82. The fraction of sp³-hybridized carbons (Fsp3) is 0.471. The van der Waals surface area contributed by atoms with Crippen LogP contribution in [0, 0.1) is 17.0 Å². The van der Waals surface area contributed by atoms with Crippen LogP contribution in [0.4, 0.5) is 16.5 Å². The SMILES string of the molecule is COc1cc(N2CCC(Nc3nc(C)cs3)CC2)c([N+](=O)[O-])cc1OC. The highest BCUT2D eigenvalue weighted by atomic mass is 32.1. The minimum atomic E-state index is -0.375. The Labute approximate surface area is 155 Å². The van der Waals surface area contributed by atoms with E-state index in [1.807, 2.05) is 17.2 Å². The summed E-state index contributed by atoms with van der Waals surface area (Å²) in [5.41, 5.74) is 1.61. The fourth-order valence-corrected chi connectivity index (χ4v) is 3.88. The molecule has 1 N–H and O–H groups in total. The molecule has 2 heterocycles. The number of anilines is 2. The van der Waals surface area contributed by atoms with Crippen LogP contribution in [0.5, 0.6) is 11.5 Å². The summed E-state index contributed by atoms with van der Waals surface area (Å²) in [4.78, 5) is 17.6. The number of aryl methyl sites for hydroxylation is 1. The summed E-state index contributed by atoms with van der Waals surface area (Å²) in [6.07, 6.45) is 1.76. The average Bonchev–Trinajstić information content (AvgIpc) is 3.05. The molecule has 0 radical (unpaired) electrons. The normalized spacial score (nSPS) is 15.0. The van der Waals surface area contributed by atoms with E-state index in [0.717, 1.165) is 36.8 Å². The van der Waals surface area contributed by atoms with Crippen molar-refractivity contribution in [2.75, 3.05) is 37.5 Å². The average molecular weight is 378 g/mol. The highest BCUT2D eigenvalue weighted by Crippen LogP contribution is 2.40. The van der Waals surface area contributed by atoms with Crippen molar-refractivity contribution < 1.29 is 14.4 Å². The van der Waals surface area contributed by atoms with Gasteiger partial charge in [0, 0.05) is 30.6 Å². The van der Waals surface area contributed by atoms with Crippen LogP contribution in [-0.2, 0) is 0 Å². The van der Waals surface area contributed by atoms with Gasteiger partial charge in [0.25, 0.3) is 5.69 Å². The zero-order chi connectivity index (χ0) is 18.7. The number of benzene rings is 1. The molecule has 26 heavy (non-hydrogen) atoms. The predicted molar refractivity (Wildman–Crippen MR) is 102 cm³/mol. The Bertz CT molecular complexity index is 787. The number of nitrogens with one attached hydrogen (secondary N) is 1. The molecule has 3 rings (SSSR count). The maximum absolute atomic E-state index is 11.5. The van der Waals surface area contributed by atoms with Gasteiger partial charge >= 0.3 is 0 Å². The first-order valence-electron chi connectivity index (χ1n) is 8.36. The predicted octanol–water partition coefficient (Wildman–Crippen LogP) is 3.46. The largest absolute Gasteiger partial charge is 0.493 e. The molecule has 1 aromatic heterocycles. The van der Waals surface area contributed by atoms with Crippen molar-refractivity contribution >= 4 is 27.8 Å². The van der Waals surface area contributed by atoms with Gasteiger partial charge in [0.15, 0.2) is 16.6 Å². The van der Waals surface area contributed by atoms with Crippen molar-refractivity contribution in [2.24, 2.45) is 0 Å². The summed E-state index contributed by atoms with van der Waals surface area (Å²) >= 11 is 1.60. The molecular formula is C17H22N4O4S. The molecule has 9 heteroatoms. The van der Waals surface area contributed by atoms with Gasteiger partial charge in [-0.3, -0.25) is 10.1 Å². The molecule has 0 amide bonds. The van der Waals surface area contributed by atoms with E-state index in [0.29, 0.717) is 23.2 Å². The number of hydrogen-bond acceptors (Lipinski definition) is 8. The molecule has 1 aromatic carbocycles. The maximum Gasteiger partial charge on any atom is 0.296 e. The Hall–Kier alpha value is -2.55.